The van der Waals surface area contributed by atoms with Crippen LogP contribution in [0.1, 0.15) is 16.1 Å². The fraction of sp³-hybridized carbons (Fsp3) is 0.389. The van der Waals surface area contributed by atoms with Crippen LogP contribution in [-0.4, -0.2) is 60.4 Å². The second-order valence-electron chi connectivity index (χ2n) is 5.99. The minimum Gasteiger partial charge on any atom is -0.379 e. The van der Waals surface area contributed by atoms with Gasteiger partial charge in [0.2, 0.25) is 0 Å². The van der Waals surface area contributed by atoms with Crippen LogP contribution in [0.25, 0.3) is 0 Å². The standard InChI is InChI=1S/C18H22ClN5O2/c19-15-3-1-14(2-4-15)13-21-18(25)16-5-6-17(23-22-16)20-7-8-24-9-11-26-12-10-24/h1-6H,7-13H2,(H,20,23)(H,21,25). The molecule has 26 heavy (non-hydrogen) atoms. The molecule has 0 radical (unpaired) electrons. The summed E-state index contributed by atoms with van der Waals surface area (Å²) in [7, 11) is 0. The van der Waals surface area contributed by atoms with Crippen molar-refractivity contribution in [3.05, 3.63) is 52.7 Å². The van der Waals surface area contributed by atoms with E-state index in [1.165, 1.54) is 0 Å². The number of nitrogens with one attached hydrogen (secondary N) is 2. The Morgan fingerprint density at radius 2 is 1.88 bits per heavy atom. The lowest BCUT2D eigenvalue weighted by Gasteiger charge is -2.26. The van der Waals surface area contributed by atoms with Crippen LogP contribution in [-0.2, 0) is 11.3 Å². The van der Waals surface area contributed by atoms with Gasteiger partial charge in [0.15, 0.2) is 5.69 Å². The van der Waals surface area contributed by atoms with Gasteiger partial charge in [0.05, 0.1) is 13.2 Å². The maximum atomic E-state index is 12.1. The van der Waals surface area contributed by atoms with Crippen molar-refractivity contribution >= 4 is 23.3 Å². The Morgan fingerprint density at radius 1 is 1.12 bits per heavy atom. The number of hydrogen-bond acceptors (Lipinski definition) is 6. The number of morpholine rings is 1. The van der Waals surface area contributed by atoms with Crippen molar-refractivity contribution in [3.8, 4) is 0 Å². The molecule has 7 nitrogen and oxygen atoms in total. The average molecular weight is 376 g/mol. The van der Waals surface area contributed by atoms with Crippen molar-refractivity contribution in [1.29, 1.82) is 0 Å². The maximum absolute atomic E-state index is 12.1. The van der Waals surface area contributed by atoms with Gasteiger partial charge in [-0.1, -0.05) is 23.7 Å². The van der Waals surface area contributed by atoms with E-state index in [2.05, 4.69) is 25.7 Å². The molecule has 3 rings (SSSR count). The minimum absolute atomic E-state index is 0.257. The van der Waals surface area contributed by atoms with Crippen molar-refractivity contribution in [2.24, 2.45) is 0 Å². The maximum Gasteiger partial charge on any atom is 0.272 e. The Hall–Kier alpha value is -2.22. The third-order valence-corrected chi connectivity index (χ3v) is 4.35. The second-order valence-corrected chi connectivity index (χ2v) is 6.43. The summed E-state index contributed by atoms with van der Waals surface area (Å²) in [5.41, 5.74) is 1.26. The molecular formula is C18H22ClN5O2. The average Bonchev–Trinajstić information content (AvgIpc) is 2.69. The first-order valence-corrected chi connectivity index (χ1v) is 8.99. The number of benzene rings is 1. The van der Waals surface area contributed by atoms with Gasteiger partial charge in [-0.15, -0.1) is 10.2 Å². The largest absolute Gasteiger partial charge is 0.379 e. The van der Waals surface area contributed by atoms with Crippen LogP contribution in [0.15, 0.2) is 36.4 Å². The molecule has 0 saturated carbocycles. The highest BCUT2D eigenvalue weighted by Crippen LogP contribution is 2.09. The van der Waals surface area contributed by atoms with E-state index in [4.69, 9.17) is 16.3 Å². The summed E-state index contributed by atoms with van der Waals surface area (Å²) in [6.07, 6.45) is 0. The van der Waals surface area contributed by atoms with E-state index < -0.39 is 0 Å². The van der Waals surface area contributed by atoms with Crippen molar-refractivity contribution in [2.45, 2.75) is 6.54 Å². The fourth-order valence-corrected chi connectivity index (χ4v) is 2.72. The normalized spacial score (nSPS) is 14.8. The van der Waals surface area contributed by atoms with Crippen LogP contribution in [0, 0.1) is 0 Å². The summed E-state index contributed by atoms with van der Waals surface area (Å²) >= 11 is 5.85. The van der Waals surface area contributed by atoms with Gasteiger partial charge in [0.25, 0.3) is 5.91 Å². The zero-order valence-corrected chi connectivity index (χ0v) is 15.2. The number of anilines is 1. The molecule has 1 aliphatic heterocycles. The summed E-state index contributed by atoms with van der Waals surface area (Å²) in [5.74, 6) is 0.403. The highest BCUT2D eigenvalue weighted by molar-refractivity contribution is 6.30. The summed E-state index contributed by atoms with van der Waals surface area (Å²) in [4.78, 5) is 14.5. The molecule has 0 bridgehead atoms. The lowest BCUT2D eigenvalue weighted by atomic mass is 10.2. The Kier molecular flexibility index (Phi) is 6.76. The van der Waals surface area contributed by atoms with E-state index in [-0.39, 0.29) is 11.6 Å². The molecule has 1 aromatic carbocycles. The third kappa shape index (κ3) is 5.66. The van der Waals surface area contributed by atoms with Gasteiger partial charge < -0.3 is 15.4 Å². The first-order chi connectivity index (χ1) is 12.7. The molecular weight excluding hydrogens is 354 g/mol. The van der Waals surface area contributed by atoms with Crippen LogP contribution in [0.2, 0.25) is 5.02 Å². The molecule has 8 heteroatoms. The molecule has 0 unspecified atom stereocenters. The van der Waals surface area contributed by atoms with E-state index in [1.807, 2.05) is 12.1 Å². The van der Waals surface area contributed by atoms with Crippen molar-refractivity contribution < 1.29 is 9.53 Å². The Morgan fingerprint density at radius 3 is 2.58 bits per heavy atom. The predicted octanol–water partition coefficient (Wildman–Crippen LogP) is 1.80. The van der Waals surface area contributed by atoms with Crippen LogP contribution >= 0.6 is 11.6 Å². The first-order valence-electron chi connectivity index (χ1n) is 8.61. The van der Waals surface area contributed by atoms with Gasteiger partial charge in [-0.05, 0) is 29.8 Å². The number of halogens is 1. The molecule has 0 aliphatic carbocycles. The lowest BCUT2D eigenvalue weighted by Crippen LogP contribution is -2.39. The highest BCUT2D eigenvalue weighted by Gasteiger charge is 2.10. The number of amides is 1. The van der Waals surface area contributed by atoms with Gasteiger partial charge >= 0.3 is 0 Å². The highest BCUT2D eigenvalue weighted by atomic mass is 35.5. The Bertz CT molecular complexity index is 703. The van der Waals surface area contributed by atoms with Gasteiger partial charge in [-0.2, -0.15) is 0 Å². The van der Waals surface area contributed by atoms with Crippen molar-refractivity contribution in [2.75, 3.05) is 44.7 Å². The predicted molar refractivity (Wildman–Crippen MR) is 100 cm³/mol. The summed E-state index contributed by atoms with van der Waals surface area (Å²) < 4.78 is 5.33. The van der Waals surface area contributed by atoms with E-state index in [9.17, 15) is 4.79 Å². The first kappa shape index (κ1) is 18.6. The number of rotatable bonds is 7. The molecule has 1 saturated heterocycles. The quantitative estimate of drug-likeness (QED) is 0.768. The Labute approximate surface area is 157 Å². The van der Waals surface area contributed by atoms with Gasteiger partial charge in [0.1, 0.15) is 5.82 Å². The van der Waals surface area contributed by atoms with Crippen LogP contribution in [0.5, 0.6) is 0 Å². The number of nitrogens with zero attached hydrogens (tertiary/aromatic N) is 3. The SMILES string of the molecule is O=C(NCc1ccc(Cl)cc1)c1ccc(NCCN2CCOCC2)nn1. The molecule has 0 atom stereocenters. The molecule has 2 heterocycles. The lowest BCUT2D eigenvalue weighted by molar-refractivity contribution is 0.0398. The molecule has 1 aliphatic rings. The number of carbonyl (C=O) groups is 1. The molecule has 1 amide bonds. The Balaban J connectivity index is 1.42. The van der Waals surface area contributed by atoms with E-state index in [1.54, 1.807) is 24.3 Å². The molecule has 0 spiro atoms. The van der Waals surface area contributed by atoms with Gasteiger partial charge in [-0.3, -0.25) is 9.69 Å². The van der Waals surface area contributed by atoms with E-state index in [0.717, 1.165) is 45.0 Å². The monoisotopic (exact) mass is 375 g/mol. The number of hydrogen-bond donors (Lipinski definition) is 2. The van der Waals surface area contributed by atoms with Gasteiger partial charge in [0, 0.05) is 37.7 Å². The summed E-state index contributed by atoms with van der Waals surface area (Å²) in [5, 5.41) is 14.8. The van der Waals surface area contributed by atoms with Crippen molar-refractivity contribution in [3.63, 3.8) is 0 Å². The molecule has 1 fully saturated rings. The third-order valence-electron chi connectivity index (χ3n) is 4.10. The minimum atomic E-state index is -0.257. The zero-order chi connectivity index (χ0) is 18.2. The van der Waals surface area contributed by atoms with Crippen LogP contribution in [0.3, 0.4) is 0 Å². The van der Waals surface area contributed by atoms with E-state index >= 15 is 0 Å². The molecule has 138 valence electrons. The van der Waals surface area contributed by atoms with Crippen molar-refractivity contribution in [1.82, 2.24) is 20.4 Å². The summed E-state index contributed by atoms with van der Waals surface area (Å²) in [6, 6.07) is 10.8. The molecule has 1 aromatic heterocycles. The number of carbonyl (C=O) groups excluding carboxylic acids is 1. The topological polar surface area (TPSA) is 79.4 Å². The van der Waals surface area contributed by atoms with Gasteiger partial charge in [-0.25, -0.2) is 0 Å². The zero-order valence-electron chi connectivity index (χ0n) is 14.4. The van der Waals surface area contributed by atoms with Crippen LogP contribution < -0.4 is 10.6 Å². The number of ether oxygens (including phenoxy) is 1. The second kappa shape index (κ2) is 9.47. The summed E-state index contributed by atoms with van der Waals surface area (Å²) in [6.45, 7) is 5.61. The van der Waals surface area contributed by atoms with E-state index in [0.29, 0.717) is 17.4 Å². The van der Waals surface area contributed by atoms with Crippen LogP contribution in [0.4, 0.5) is 5.82 Å². The molecule has 2 N–H and O–H groups in total. The fourth-order valence-electron chi connectivity index (χ4n) is 2.59. The smallest absolute Gasteiger partial charge is 0.272 e. The molecule has 2 aromatic rings. The number of aromatic nitrogens is 2.